The van der Waals surface area contributed by atoms with E-state index < -0.39 is 0 Å². The molecule has 0 spiro atoms. The van der Waals surface area contributed by atoms with Crippen LogP contribution in [0.2, 0.25) is 0 Å². The maximum absolute atomic E-state index is 5.56. The number of piperidine rings is 1. The Balaban J connectivity index is 2.24. The van der Waals surface area contributed by atoms with Crippen LogP contribution < -0.4 is 15.0 Å². The molecule has 2 unspecified atom stereocenters. The van der Waals surface area contributed by atoms with Crippen LogP contribution in [-0.4, -0.2) is 41.2 Å². The third-order valence-electron chi connectivity index (χ3n) is 3.89. The summed E-state index contributed by atoms with van der Waals surface area (Å²) < 4.78 is 5.56. The van der Waals surface area contributed by atoms with Crippen molar-refractivity contribution in [2.75, 3.05) is 30.4 Å². The molecule has 20 heavy (non-hydrogen) atoms. The summed E-state index contributed by atoms with van der Waals surface area (Å²) >= 11 is 0. The van der Waals surface area contributed by atoms with Gasteiger partial charge in [0.05, 0.1) is 6.61 Å². The Morgan fingerprint density at radius 2 is 2.10 bits per heavy atom. The minimum Gasteiger partial charge on any atom is -0.463 e. The number of nitrogens with zero attached hydrogens (tertiary/aromatic N) is 4. The maximum atomic E-state index is 5.56. The third kappa shape index (κ3) is 3.29. The third-order valence-corrected chi connectivity index (χ3v) is 3.89. The SMILES string of the molecule is CCCOc1nc(NC)nc(N2CCCC(C)C2C)n1. The van der Waals surface area contributed by atoms with Crippen molar-refractivity contribution in [3.05, 3.63) is 0 Å². The molecule has 1 aliphatic rings. The first-order valence-electron chi connectivity index (χ1n) is 7.49. The molecule has 1 aromatic heterocycles. The molecule has 1 saturated heterocycles. The van der Waals surface area contributed by atoms with Gasteiger partial charge < -0.3 is 15.0 Å². The highest BCUT2D eigenvalue weighted by Crippen LogP contribution is 2.27. The standard InChI is InChI=1S/C14H25N5O/c1-5-9-20-14-17-12(15-4)16-13(18-14)19-8-6-7-10(2)11(19)3/h10-11H,5-9H2,1-4H3,(H,15,16,17,18). The minimum atomic E-state index is 0.409. The van der Waals surface area contributed by atoms with Crippen molar-refractivity contribution in [1.29, 1.82) is 0 Å². The molecule has 112 valence electrons. The van der Waals surface area contributed by atoms with Crippen molar-refractivity contribution in [2.24, 2.45) is 5.92 Å². The fourth-order valence-electron chi connectivity index (χ4n) is 2.46. The second-order valence-corrected chi connectivity index (χ2v) is 5.39. The van der Waals surface area contributed by atoms with Crippen LogP contribution in [0.3, 0.4) is 0 Å². The second-order valence-electron chi connectivity index (χ2n) is 5.39. The van der Waals surface area contributed by atoms with Gasteiger partial charge in [0.25, 0.3) is 0 Å². The average molecular weight is 279 g/mol. The molecule has 1 aliphatic heterocycles. The molecule has 1 aromatic rings. The smallest absolute Gasteiger partial charge is 0.323 e. The Bertz CT molecular complexity index is 440. The van der Waals surface area contributed by atoms with Crippen LogP contribution in [-0.2, 0) is 0 Å². The fourth-order valence-corrected chi connectivity index (χ4v) is 2.46. The minimum absolute atomic E-state index is 0.409. The molecule has 1 fully saturated rings. The van der Waals surface area contributed by atoms with Gasteiger partial charge in [-0.2, -0.15) is 15.0 Å². The molecule has 0 radical (unpaired) electrons. The number of hydrogen-bond acceptors (Lipinski definition) is 6. The van der Waals surface area contributed by atoms with Crippen LogP contribution >= 0.6 is 0 Å². The number of nitrogens with one attached hydrogen (secondary N) is 1. The molecule has 2 rings (SSSR count). The zero-order valence-corrected chi connectivity index (χ0v) is 12.9. The van der Waals surface area contributed by atoms with E-state index in [9.17, 15) is 0 Å². The average Bonchev–Trinajstić information content (AvgIpc) is 2.47. The van der Waals surface area contributed by atoms with Crippen molar-refractivity contribution in [1.82, 2.24) is 15.0 Å². The van der Waals surface area contributed by atoms with Gasteiger partial charge in [0.2, 0.25) is 11.9 Å². The zero-order valence-electron chi connectivity index (χ0n) is 12.9. The first kappa shape index (κ1) is 14.8. The van der Waals surface area contributed by atoms with Gasteiger partial charge in [-0.15, -0.1) is 0 Å². The van der Waals surface area contributed by atoms with E-state index in [-0.39, 0.29) is 0 Å². The summed E-state index contributed by atoms with van der Waals surface area (Å²) in [5, 5.41) is 2.98. The van der Waals surface area contributed by atoms with Crippen molar-refractivity contribution in [3.63, 3.8) is 0 Å². The highest BCUT2D eigenvalue weighted by Gasteiger charge is 2.27. The van der Waals surface area contributed by atoms with Crippen LogP contribution in [0.4, 0.5) is 11.9 Å². The summed E-state index contributed by atoms with van der Waals surface area (Å²) in [6.07, 6.45) is 3.38. The summed E-state index contributed by atoms with van der Waals surface area (Å²) in [6, 6.07) is 0.849. The second kappa shape index (κ2) is 6.72. The van der Waals surface area contributed by atoms with E-state index in [1.54, 1.807) is 0 Å². The zero-order chi connectivity index (χ0) is 14.5. The number of aromatic nitrogens is 3. The molecule has 2 atom stereocenters. The van der Waals surface area contributed by atoms with Gasteiger partial charge in [-0.3, -0.25) is 0 Å². The van der Waals surface area contributed by atoms with Crippen LogP contribution in [0.15, 0.2) is 0 Å². The molecule has 0 aromatic carbocycles. The lowest BCUT2D eigenvalue weighted by atomic mass is 9.92. The largest absolute Gasteiger partial charge is 0.463 e. The first-order chi connectivity index (χ1) is 9.65. The van der Waals surface area contributed by atoms with Crippen molar-refractivity contribution >= 4 is 11.9 Å². The van der Waals surface area contributed by atoms with Gasteiger partial charge in [-0.25, -0.2) is 0 Å². The quantitative estimate of drug-likeness (QED) is 0.892. The Kier molecular flexibility index (Phi) is 4.98. The molecule has 6 heteroatoms. The van der Waals surface area contributed by atoms with Gasteiger partial charge >= 0.3 is 6.01 Å². The molecule has 0 amide bonds. The van der Waals surface area contributed by atoms with Crippen molar-refractivity contribution < 1.29 is 4.74 Å². The Morgan fingerprint density at radius 1 is 1.30 bits per heavy atom. The van der Waals surface area contributed by atoms with E-state index in [0.717, 1.165) is 18.9 Å². The van der Waals surface area contributed by atoms with Gasteiger partial charge in [-0.1, -0.05) is 13.8 Å². The van der Waals surface area contributed by atoms with Gasteiger partial charge in [-0.05, 0) is 32.1 Å². The van der Waals surface area contributed by atoms with Crippen LogP contribution in [0.25, 0.3) is 0 Å². The lowest BCUT2D eigenvalue weighted by molar-refractivity contribution is 0.290. The van der Waals surface area contributed by atoms with E-state index in [0.29, 0.717) is 30.5 Å². The van der Waals surface area contributed by atoms with E-state index in [2.05, 4.69) is 45.9 Å². The summed E-state index contributed by atoms with van der Waals surface area (Å²) in [7, 11) is 1.81. The molecule has 6 nitrogen and oxygen atoms in total. The molecular weight excluding hydrogens is 254 g/mol. The lowest BCUT2D eigenvalue weighted by Crippen LogP contribution is -2.43. The Hall–Kier alpha value is -1.59. The number of ether oxygens (including phenoxy) is 1. The van der Waals surface area contributed by atoms with Gasteiger partial charge in [0.15, 0.2) is 0 Å². The fraction of sp³-hybridized carbons (Fsp3) is 0.786. The van der Waals surface area contributed by atoms with Crippen molar-refractivity contribution in [2.45, 2.75) is 46.1 Å². The number of rotatable bonds is 5. The maximum Gasteiger partial charge on any atom is 0.323 e. The van der Waals surface area contributed by atoms with Crippen LogP contribution in [0, 0.1) is 5.92 Å². The normalized spacial score (nSPS) is 22.7. The molecule has 0 bridgehead atoms. The molecule has 1 N–H and O–H groups in total. The van der Waals surface area contributed by atoms with E-state index in [1.165, 1.54) is 12.8 Å². The monoisotopic (exact) mass is 279 g/mol. The molecule has 2 heterocycles. The summed E-state index contributed by atoms with van der Waals surface area (Å²) in [4.78, 5) is 15.5. The topological polar surface area (TPSA) is 63.2 Å². The molecule has 0 saturated carbocycles. The van der Waals surface area contributed by atoms with Crippen molar-refractivity contribution in [3.8, 4) is 6.01 Å². The Morgan fingerprint density at radius 3 is 2.80 bits per heavy atom. The Labute approximate surface area is 121 Å². The first-order valence-corrected chi connectivity index (χ1v) is 7.49. The summed E-state index contributed by atoms with van der Waals surface area (Å²) in [6.45, 7) is 8.20. The van der Waals surface area contributed by atoms with Crippen LogP contribution in [0.5, 0.6) is 6.01 Å². The summed E-state index contributed by atoms with van der Waals surface area (Å²) in [5.41, 5.74) is 0. The highest BCUT2D eigenvalue weighted by atomic mass is 16.5. The number of anilines is 2. The number of hydrogen-bond donors (Lipinski definition) is 1. The van der Waals surface area contributed by atoms with E-state index in [1.807, 2.05) is 7.05 Å². The van der Waals surface area contributed by atoms with Crippen LogP contribution in [0.1, 0.15) is 40.0 Å². The highest BCUT2D eigenvalue weighted by molar-refractivity contribution is 5.39. The van der Waals surface area contributed by atoms with Gasteiger partial charge in [0.1, 0.15) is 0 Å². The van der Waals surface area contributed by atoms with Gasteiger partial charge in [0, 0.05) is 19.6 Å². The molecular formula is C14H25N5O. The lowest BCUT2D eigenvalue weighted by Gasteiger charge is -2.37. The summed E-state index contributed by atoms with van der Waals surface area (Å²) in [5.74, 6) is 1.93. The predicted octanol–water partition coefficient (Wildman–Crippen LogP) is 2.33. The predicted molar refractivity (Wildman–Crippen MR) is 80.4 cm³/mol. The molecule has 0 aliphatic carbocycles. The van der Waals surface area contributed by atoms with E-state index >= 15 is 0 Å². The van der Waals surface area contributed by atoms with E-state index in [4.69, 9.17) is 4.74 Å².